The van der Waals surface area contributed by atoms with Crippen LogP contribution in [0.1, 0.15) is 5.69 Å². The van der Waals surface area contributed by atoms with Crippen molar-refractivity contribution in [1.29, 1.82) is 0 Å². The summed E-state index contributed by atoms with van der Waals surface area (Å²) in [6, 6.07) is 7.39. The Hall–Kier alpha value is -2.90. The normalized spacial score (nSPS) is 11.7. The average Bonchev–Trinajstić information content (AvgIpc) is 2.52. The van der Waals surface area contributed by atoms with E-state index in [9.17, 15) is 13.2 Å². The molecule has 8 heteroatoms. The molecule has 0 fully saturated rings. The number of alkyl halides is 3. The van der Waals surface area contributed by atoms with Crippen LogP contribution < -0.4 is 11.1 Å². The first-order valence-electron chi connectivity index (χ1n) is 6.67. The van der Waals surface area contributed by atoms with Crippen LogP contribution in [0.25, 0.3) is 22.3 Å². The molecule has 23 heavy (non-hydrogen) atoms. The van der Waals surface area contributed by atoms with Crippen LogP contribution in [0.4, 0.5) is 24.7 Å². The third-order valence-corrected chi connectivity index (χ3v) is 3.27. The lowest BCUT2D eigenvalue weighted by molar-refractivity contribution is -0.141. The molecule has 2 aromatic heterocycles. The lowest BCUT2D eigenvalue weighted by Crippen LogP contribution is -2.07. The summed E-state index contributed by atoms with van der Waals surface area (Å²) in [7, 11) is 1.70. The summed E-state index contributed by atoms with van der Waals surface area (Å²) in [5, 5.41) is 3.71. The third-order valence-electron chi connectivity index (χ3n) is 3.27. The Kier molecular flexibility index (Phi) is 3.51. The van der Waals surface area contributed by atoms with Crippen molar-refractivity contribution in [1.82, 2.24) is 15.0 Å². The second-order valence-corrected chi connectivity index (χ2v) is 4.85. The SMILES string of the molecule is CNc1nc(-c2ccc(C(F)(F)F)nc2)nc2cc(N)ccc12. The van der Waals surface area contributed by atoms with Gasteiger partial charge in [0.2, 0.25) is 0 Å². The van der Waals surface area contributed by atoms with Gasteiger partial charge in [-0.3, -0.25) is 4.98 Å². The largest absolute Gasteiger partial charge is 0.433 e. The highest BCUT2D eigenvalue weighted by Crippen LogP contribution is 2.29. The fourth-order valence-electron chi connectivity index (χ4n) is 2.16. The molecule has 0 aliphatic rings. The fraction of sp³-hybridized carbons (Fsp3) is 0.133. The van der Waals surface area contributed by atoms with Crippen molar-refractivity contribution in [2.75, 3.05) is 18.1 Å². The molecule has 118 valence electrons. The van der Waals surface area contributed by atoms with Crippen LogP contribution in [0.5, 0.6) is 0 Å². The van der Waals surface area contributed by atoms with E-state index in [0.717, 1.165) is 17.6 Å². The standard InChI is InChI=1S/C15H12F3N5/c1-20-14-10-4-3-9(19)6-11(10)22-13(23-14)8-2-5-12(21-7-8)15(16,17)18/h2-7H,19H2,1H3,(H,20,22,23). The molecule has 3 aromatic rings. The zero-order chi connectivity index (χ0) is 16.6. The van der Waals surface area contributed by atoms with Crippen molar-refractivity contribution >= 4 is 22.4 Å². The number of nitrogens with one attached hydrogen (secondary N) is 1. The first kappa shape index (κ1) is 15.0. The zero-order valence-corrected chi connectivity index (χ0v) is 12.0. The first-order valence-corrected chi connectivity index (χ1v) is 6.67. The lowest BCUT2D eigenvalue weighted by atomic mass is 10.2. The molecule has 0 aliphatic carbocycles. The number of nitrogens with zero attached hydrogens (tertiary/aromatic N) is 3. The molecule has 3 rings (SSSR count). The smallest absolute Gasteiger partial charge is 0.399 e. The van der Waals surface area contributed by atoms with Gasteiger partial charge >= 0.3 is 6.18 Å². The highest BCUT2D eigenvalue weighted by atomic mass is 19.4. The Balaban J connectivity index is 2.12. The van der Waals surface area contributed by atoms with Gasteiger partial charge in [0, 0.05) is 29.9 Å². The maximum Gasteiger partial charge on any atom is 0.433 e. The summed E-state index contributed by atoms with van der Waals surface area (Å²) in [6.45, 7) is 0. The van der Waals surface area contributed by atoms with E-state index in [2.05, 4.69) is 20.3 Å². The van der Waals surface area contributed by atoms with Crippen molar-refractivity contribution in [2.45, 2.75) is 6.18 Å². The first-order chi connectivity index (χ1) is 10.9. The van der Waals surface area contributed by atoms with E-state index in [1.165, 1.54) is 6.07 Å². The van der Waals surface area contributed by atoms with Crippen molar-refractivity contribution in [3.05, 3.63) is 42.2 Å². The monoisotopic (exact) mass is 319 g/mol. The predicted molar refractivity (Wildman–Crippen MR) is 81.7 cm³/mol. The summed E-state index contributed by atoms with van der Waals surface area (Å²) in [5.74, 6) is 0.832. The van der Waals surface area contributed by atoms with Gasteiger partial charge in [-0.25, -0.2) is 9.97 Å². The van der Waals surface area contributed by atoms with Crippen molar-refractivity contribution in [3.8, 4) is 11.4 Å². The third kappa shape index (κ3) is 2.87. The molecule has 1 aromatic carbocycles. The highest BCUT2D eigenvalue weighted by Gasteiger charge is 2.32. The van der Waals surface area contributed by atoms with Crippen LogP contribution in [0, 0.1) is 0 Å². The second-order valence-electron chi connectivity index (χ2n) is 4.85. The Bertz CT molecular complexity index is 859. The number of nitrogens with two attached hydrogens (primary N) is 1. The van der Waals surface area contributed by atoms with Crippen molar-refractivity contribution in [2.24, 2.45) is 0 Å². The molecule has 0 saturated carbocycles. The van der Waals surface area contributed by atoms with Crippen LogP contribution >= 0.6 is 0 Å². The molecule has 2 heterocycles. The number of nitrogen functional groups attached to an aromatic ring is 1. The van der Waals surface area contributed by atoms with Gasteiger partial charge < -0.3 is 11.1 Å². The number of anilines is 2. The Labute approximate surface area is 129 Å². The molecular formula is C15H12F3N5. The average molecular weight is 319 g/mol. The molecule has 0 unspecified atom stereocenters. The van der Waals surface area contributed by atoms with Crippen LogP contribution in [-0.4, -0.2) is 22.0 Å². The van der Waals surface area contributed by atoms with E-state index in [-0.39, 0.29) is 5.82 Å². The van der Waals surface area contributed by atoms with Crippen LogP contribution in [0.15, 0.2) is 36.5 Å². The number of hydrogen-bond acceptors (Lipinski definition) is 5. The summed E-state index contributed by atoms with van der Waals surface area (Å²) in [6.07, 6.45) is -3.37. The van der Waals surface area contributed by atoms with Gasteiger partial charge in [-0.1, -0.05) is 0 Å². The van der Waals surface area contributed by atoms with E-state index < -0.39 is 11.9 Å². The van der Waals surface area contributed by atoms with E-state index in [0.29, 0.717) is 22.6 Å². The van der Waals surface area contributed by atoms with Crippen molar-refractivity contribution < 1.29 is 13.2 Å². The molecule has 0 aliphatic heterocycles. The van der Waals surface area contributed by atoms with Crippen LogP contribution in [0.2, 0.25) is 0 Å². The number of benzene rings is 1. The highest BCUT2D eigenvalue weighted by molar-refractivity contribution is 5.92. The van der Waals surface area contributed by atoms with Gasteiger partial charge in [0.15, 0.2) is 5.82 Å². The van der Waals surface area contributed by atoms with E-state index in [1.54, 1.807) is 25.2 Å². The Morgan fingerprint density at radius 2 is 1.87 bits per heavy atom. The number of halogens is 3. The molecule has 0 radical (unpaired) electrons. The fourth-order valence-corrected chi connectivity index (χ4v) is 2.16. The Morgan fingerprint density at radius 3 is 2.48 bits per heavy atom. The van der Waals surface area contributed by atoms with Gasteiger partial charge in [0.25, 0.3) is 0 Å². The van der Waals surface area contributed by atoms with Crippen molar-refractivity contribution in [3.63, 3.8) is 0 Å². The number of aromatic nitrogens is 3. The van der Waals surface area contributed by atoms with Gasteiger partial charge in [0.05, 0.1) is 5.52 Å². The van der Waals surface area contributed by atoms with Gasteiger partial charge in [-0.2, -0.15) is 13.2 Å². The van der Waals surface area contributed by atoms with Gasteiger partial charge in [-0.05, 0) is 30.3 Å². The maximum atomic E-state index is 12.6. The van der Waals surface area contributed by atoms with Gasteiger partial charge in [-0.15, -0.1) is 0 Å². The minimum atomic E-state index is -4.48. The summed E-state index contributed by atoms with van der Waals surface area (Å²) in [4.78, 5) is 12.1. The molecule has 0 bridgehead atoms. The molecule has 0 atom stereocenters. The lowest BCUT2D eigenvalue weighted by Gasteiger charge is -2.09. The molecular weight excluding hydrogens is 307 g/mol. The van der Waals surface area contributed by atoms with Crippen LogP contribution in [0.3, 0.4) is 0 Å². The topological polar surface area (TPSA) is 76.7 Å². The molecule has 0 saturated heterocycles. The molecule has 3 N–H and O–H groups in total. The minimum Gasteiger partial charge on any atom is -0.399 e. The molecule has 0 amide bonds. The van der Waals surface area contributed by atoms with Gasteiger partial charge in [0.1, 0.15) is 11.5 Å². The Morgan fingerprint density at radius 1 is 1.09 bits per heavy atom. The van der Waals surface area contributed by atoms with E-state index in [1.807, 2.05) is 0 Å². The number of hydrogen-bond donors (Lipinski definition) is 2. The number of fused-ring (bicyclic) bond motifs is 1. The number of pyridine rings is 1. The van der Waals surface area contributed by atoms with Crippen LogP contribution in [-0.2, 0) is 6.18 Å². The zero-order valence-electron chi connectivity index (χ0n) is 12.0. The number of rotatable bonds is 2. The summed E-state index contributed by atoms with van der Waals surface area (Å²) in [5.41, 5.74) is 6.32. The minimum absolute atomic E-state index is 0.272. The van der Waals surface area contributed by atoms with E-state index >= 15 is 0 Å². The predicted octanol–water partition coefficient (Wildman–Crippen LogP) is 3.33. The quantitative estimate of drug-likeness (QED) is 0.709. The molecule has 5 nitrogen and oxygen atoms in total. The second kappa shape index (κ2) is 5.38. The molecule has 0 spiro atoms. The maximum absolute atomic E-state index is 12.6. The van der Waals surface area contributed by atoms with E-state index in [4.69, 9.17) is 5.73 Å². The summed E-state index contributed by atoms with van der Waals surface area (Å²) < 4.78 is 37.7. The summed E-state index contributed by atoms with van der Waals surface area (Å²) >= 11 is 0.